The molecular weight excluding hydrogens is 304 g/mol. The predicted octanol–water partition coefficient (Wildman–Crippen LogP) is 2.31. The minimum Gasteiger partial charge on any atom is -0.376 e. The predicted molar refractivity (Wildman–Crippen MR) is 91.8 cm³/mol. The minimum absolute atomic E-state index is 0.118. The maximum atomic E-state index is 12.3. The summed E-state index contributed by atoms with van der Waals surface area (Å²) in [6, 6.07) is 11.7. The van der Waals surface area contributed by atoms with E-state index in [-0.39, 0.29) is 12.0 Å². The molecule has 1 unspecified atom stereocenters. The Labute approximate surface area is 141 Å². The number of nitrogens with one attached hydrogen (secondary N) is 2. The number of amides is 1. The van der Waals surface area contributed by atoms with E-state index in [0.29, 0.717) is 30.4 Å². The van der Waals surface area contributed by atoms with Crippen LogP contribution in [0.5, 0.6) is 0 Å². The summed E-state index contributed by atoms with van der Waals surface area (Å²) in [5.74, 6) is 1.02. The third-order valence-electron chi connectivity index (χ3n) is 3.90. The molecular formula is C18H22N4O2. The second-order valence-electron chi connectivity index (χ2n) is 5.87. The van der Waals surface area contributed by atoms with E-state index in [1.165, 1.54) is 0 Å². The van der Waals surface area contributed by atoms with Gasteiger partial charge in [0.15, 0.2) is 0 Å². The number of rotatable bonds is 6. The average Bonchev–Trinajstić information content (AvgIpc) is 3.12. The third kappa shape index (κ3) is 4.52. The van der Waals surface area contributed by atoms with E-state index in [1.807, 2.05) is 30.3 Å². The molecule has 1 aliphatic heterocycles. The molecule has 0 saturated carbocycles. The van der Waals surface area contributed by atoms with E-state index >= 15 is 0 Å². The van der Waals surface area contributed by atoms with Crippen molar-refractivity contribution in [1.82, 2.24) is 15.3 Å². The first-order valence-electron chi connectivity index (χ1n) is 8.24. The standard InChI is InChI=1S/C18H22N4O2/c1-13-21-16(18(23)20-12-15-8-5-9-24-15)10-17(22-13)19-11-14-6-3-2-4-7-14/h2-4,6-7,10,15H,5,8-9,11-12H2,1H3,(H,20,23)(H,19,21,22). The van der Waals surface area contributed by atoms with E-state index in [9.17, 15) is 4.79 Å². The van der Waals surface area contributed by atoms with Crippen molar-refractivity contribution in [2.24, 2.45) is 0 Å². The van der Waals surface area contributed by atoms with E-state index in [4.69, 9.17) is 4.74 Å². The fraction of sp³-hybridized carbons (Fsp3) is 0.389. The highest BCUT2D eigenvalue weighted by molar-refractivity contribution is 5.92. The fourth-order valence-corrected chi connectivity index (χ4v) is 2.67. The third-order valence-corrected chi connectivity index (χ3v) is 3.90. The van der Waals surface area contributed by atoms with Gasteiger partial charge in [0.05, 0.1) is 6.10 Å². The van der Waals surface area contributed by atoms with Gasteiger partial charge in [0.1, 0.15) is 17.3 Å². The molecule has 1 fully saturated rings. The van der Waals surface area contributed by atoms with Crippen LogP contribution in [0.15, 0.2) is 36.4 Å². The monoisotopic (exact) mass is 326 g/mol. The molecule has 1 aromatic carbocycles. The summed E-state index contributed by atoms with van der Waals surface area (Å²) in [7, 11) is 0. The van der Waals surface area contributed by atoms with Crippen molar-refractivity contribution in [3.8, 4) is 0 Å². The molecule has 0 bridgehead atoms. The number of anilines is 1. The van der Waals surface area contributed by atoms with E-state index < -0.39 is 0 Å². The normalized spacial score (nSPS) is 16.8. The van der Waals surface area contributed by atoms with Gasteiger partial charge in [-0.1, -0.05) is 30.3 Å². The van der Waals surface area contributed by atoms with Gasteiger partial charge in [-0.25, -0.2) is 9.97 Å². The lowest BCUT2D eigenvalue weighted by Crippen LogP contribution is -2.32. The first-order valence-corrected chi connectivity index (χ1v) is 8.24. The van der Waals surface area contributed by atoms with E-state index in [2.05, 4.69) is 20.6 Å². The molecule has 1 atom stereocenters. The second-order valence-corrected chi connectivity index (χ2v) is 5.87. The summed E-state index contributed by atoms with van der Waals surface area (Å²) in [6.45, 7) is 3.73. The van der Waals surface area contributed by atoms with Gasteiger partial charge in [-0.3, -0.25) is 4.79 Å². The van der Waals surface area contributed by atoms with Crippen LogP contribution in [-0.4, -0.2) is 35.1 Å². The highest BCUT2D eigenvalue weighted by atomic mass is 16.5. The Morgan fingerprint density at radius 3 is 2.88 bits per heavy atom. The Hall–Kier alpha value is -2.47. The molecule has 3 rings (SSSR count). The van der Waals surface area contributed by atoms with Gasteiger partial charge in [0.2, 0.25) is 0 Å². The van der Waals surface area contributed by atoms with Gasteiger partial charge in [-0.2, -0.15) is 0 Å². The Balaban J connectivity index is 1.61. The van der Waals surface area contributed by atoms with Crippen LogP contribution in [0.3, 0.4) is 0 Å². The molecule has 2 aromatic rings. The average molecular weight is 326 g/mol. The lowest BCUT2D eigenvalue weighted by Gasteiger charge is -2.12. The van der Waals surface area contributed by atoms with Crippen molar-refractivity contribution in [2.75, 3.05) is 18.5 Å². The number of aryl methyl sites for hydroxylation is 1. The molecule has 1 amide bonds. The van der Waals surface area contributed by atoms with Crippen LogP contribution in [0.2, 0.25) is 0 Å². The van der Waals surface area contributed by atoms with Crippen molar-refractivity contribution in [3.05, 3.63) is 53.5 Å². The van der Waals surface area contributed by atoms with Gasteiger partial charge < -0.3 is 15.4 Å². The second kappa shape index (κ2) is 7.88. The first-order chi connectivity index (χ1) is 11.7. The first kappa shape index (κ1) is 16.4. The van der Waals surface area contributed by atoms with Crippen LogP contribution in [-0.2, 0) is 11.3 Å². The molecule has 1 aromatic heterocycles. The summed E-state index contributed by atoms with van der Waals surface area (Å²) in [4.78, 5) is 20.9. The number of carbonyl (C=O) groups excluding carboxylic acids is 1. The lowest BCUT2D eigenvalue weighted by molar-refractivity contribution is 0.0853. The molecule has 2 N–H and O–H groups in total. The molecule has 6 heteroatoms. The van der Waals surface area contributed by atoms with E-state index in [0.717, 1.165) is 25.0 Å². The number of nitrogens with zero attached hydrogens (tertiary/aromatic N) is 2. The van der Waals surface area contributed by atoms with E-state index in [1.54, 1.807) is 13.0 Å². The highest BCUT2D eigenvalue weighted by Gasteiger charge is 2.17. The molecule has 0 radical (unpaired) electrons. The maximum absolute atomic E-state index is 12.3. The number of ether oxygens (including phenoxy) is 1. The van der Waals surface area contributed by atoms with Gasteiger partial charge in [-0.05, 0) is 25.3 Å². The quantitative estimate of drug-likeness (QED) is 0.852. The zero-order valence-electron chi connectivity index (χ0n) is 13.8. The number of benzene rings is 1. The smallest absolute Gasteiger partial charge is 0.270 e. The molecule has 0 spiro atoms. The van der Waals surface area contributed by atoms with Gasteiger partial charge in [-0.15, -0.1) is 0 Å². The number of hydrogen-bond donors (Lipinski definition) is 2. The minimum atomic E-state index is -0.196. The van der Waals surface area contributed by atoms with Crippen LogP contribution in [0, 0.1) is 6.92 Å². The Morgan fingerprint density at radius 1 is 1.29 bits per heavy atom. The topological polar surface area (TPSA) is 76.1 Å². The van der Waals surface area contributed by atoms with Gasteiger partial charge >= 0.3 is 0 Å². The molecule has 6 nitrogen and oxygen atoms in total. The summed E-state index contributed by atoms with van der Waals surface area (Å²) in [5.41, 5.74) is 1.52. The summed E-state index contributed by atoms with van der Waals surface area (Å²) in [5, 5.41) is 6.13. The van der Waals surface area contributed by atoms with Crippen LogP contribution >= 0.6 is 0 Å². The van der Waals surface area contributed by atoms with Crippen LogP contribution in [0.1, 0.15) is 34.7 Å². The van der Waals surface area contributed by atoms with Crippen molar-refractivity contribution in [1.29, 1.82) is 0 Å². The van der Waals surface area contributed by atoms with Crippen molar-refractivity contribution in [2.45, 2.75) is 32.4 Å². The SMILES string of the molecule is Cc1nc(NCc2ccccc2)cc(C(=O)NCC2CCCO2)n1. The summed E-state index contributed by atoms with van der Waals surface area (Å²) < 4.78 is 5.51. The number of hydrogen-bond acceptors (Lipinski definition) is 5. The van der Waals surface area contributed by atoms with Crippen LogP contribution < -0.4 is 10.6 Å². The Bertz CT molecular complexity index is 685. The van der Waals surface area contributed by atoms with Crippen molar-refractivity contribution >= 4 is 11.7 Å². The van der Waals surface area contributed by atoms with Crippen molar-refractivity contribution in [3.63, 3.8) is 0 Å². The molecule has 0 aliphatic carbocycles. The van der Waals surface area contributed by atoms with Crippen LogP contribution in [0.4, 0.5) is 5.82 Å². The fourth-order valence-electron chi connectivity index (χ4n) is 2.67. The lowest BCUT2D eigenvalue weighted by atomic mass is 10.2. The molecule has 1 saturated heterocycles. The molecule has 24 heavy (non-hydrogen) atoms. The molecule has 1 aliphatic rings. The molecule has 2 heterocycles. The van der Waals surface area contributed by atoms with Gasteiger partial charge in [0.25, 0.3) is 5.91 Å². The number of aromatic nitrogens is 2. The zero-order valence-corrected chi connectivity index (χ0v) is 13.8. The largest absolute Gasteiger partial charge is 0.376 e. The van der Waals surface area contributed by atoms with Crippen LogP contribution in [0.25, 0.3) is 0 Å². The summed E-state index contributed by atoms with van der Waals surface area (Å²) >= 11 is 0. The Morgan fingerprint density at radius 2 is 2.12 bits per heavy atom. The molecule has 126 valence electrons. The summed E-state index contributed by atoms with van der Waals surface area (Å²) in [6.07, 6.45) is 2.17. The zero-order chi connectivity index (χ0) is 16.8. The Kier molecular flexibility index (Phi) is 5.38. The van der Waals surface area contributed by atoms with Crippen molar-refractivity contribution < 1.29 is 9.53 Å². The maximum Gasteiger partial charge on any atom is 0.270 e. The van der Waals surface area contributed by atoms with Gasteiger partial charge in [0, 0.05) is 25.8 Å². The number of carbonyl (C=O) groups is 1. The highest BCUT2D eigenvalue weighted by Crippen LogP contribution is 2.12.